The van der Waals surface area contributed by atoms with Crippen molar-refractivity contribution in [2.45, 2.75) is 78.6 Å². The van der Waals surface area contributed by atoms with Gasteiger partial charge < -0.3 is 37.6 Å². The number of aromatic nitrogens is 5. The maximum absolute atomic E-state index is 12.7. The van der Waals surface area contributed by atoms with Crippen molar-refractivity contribution < 1.29 is 54.8 Å². The van der Waals surface area contributed by atoms with E-state index in [9.17, 15) is 26.3 Å². The summed E-state index contributed by atoms with van der Waals surface area (Å²) < 4.78 is 110. The molecule has 0 aliphatic carbocycles. The predicted molar refractivity (Wildman–Crippen MR) is 200 cm³/mol. The number of nitrogens with zero attached hydrogens (tertiary/aromatic N) is 5. The van der Waals surface area contributed by atoms with Crippen LogP contribution in [0.4, 0.5) is 26.3 Å². The third-order valence-electron chi connectivity index (χ3n) is 9.11. The van der Waals surface area contributed by atoms with Crippen LogP contribution in [0.5, 0.6) is 23.0 Å². The molecule has 0 bridgehead atoms. The predicted octanol–water partition coefficient (Wildman–Crippen LogP) is 9.28. The molecule has 2 aliphatic heterocycles. The lowest BCUT2D eigenvalue weighted by Gasteiger charge is -2.15. The number of hydrogen-bond donors (Lipinski definition) is 0. The molecule has 2 aromatic carbocycles. The number of methoxy groups -OCH3 is 2. The van der Waals surface area contributed by atoms with Crippen LogP contribution in [-0.4, -0.2) is 76.5 Å². The summed E-state index contributed by atoms with van der Waals surface area (Å²) in [7, 11) is 2.60. The maximum atomic E-state index is 12.7. The first kappa shape index (κ1) is 41.8. The average molecular weight is 869 g/mol. The molecular weight excluding hydrogens is 828 g/mol. The van der Waals surface area contributed by atoms with Crippen LogP contribution in [0.25, 0.3) is 34.0 Å². The zero-order valence-electron chi connectivity index (χ0n) is 31.8. The molecule has 2 aliphatic rings. The van der Waals surface area contributed by atoms with Gasteiger partial charge in [-0.1, -0.05) is 0 Å². The standard InChI is InChI=1S/C23H24F3N3O3.C16H16BrF3N2O3/c1-13-9-17(10-14(2)27-13)21-18-7-8-31-15(3)12-29(18)22(28-21)16-5-6-19(20(11-16)30-4)32-23(24,25)26;1-9-8-22-11(5-6-24-9)14(17)21-15(22)10-3-4-12(13(7-10)23-2)25-16(18,19)20/h5-6,9-11,15H,7-8,12H2,1-4H3;3-4,7,9H,5-6,8H2,1-2H3/t15-;9-/m11/s1. The Labute approximate surface area is 333 Å². The number of hydrogen-bond acceptors (Lipinski definition) is 9. The molecule has 0 spiro atoms. The van der Waals surface area contributed by atoms with Crippen LogP contribution >= 0.6 is 15.9 Å². The largest absolute Gasteiger partial charge is 0.573 e. The molecule has 7 rings (SSSR count). The van der Waals surface area contributed by atoms with Crippen molar-refractivity contribution in [1.29, 1.82) is 0 Å². The minimum atomic E-state index is -4.81. The minimum Gasteiger partial charge on any atom is -0.493 e. The van der Waals surface area contributed by atoms with Crippen LogP contribution in [0.3, 0.4) is 0 Å². The Kier molecular flexibility index (Phi) is 12.4. The van der Waals surface area contributed by atoms with Crippen molar-refractivity contribution in [1.82, 2.24) is 24.1 Å². The maximum Gasteiger partial charge on any atom is 0.573 e. The summed E-state index contributed by atoms with van der Waals surface area (Å²) in [4.78, 5) is 13.9. The fourth-order valence-electron chi connectivity index (χ4n) is 6.84. The smallest absolute Gasteiger partial charge is 0.493 e. The van der Waals surface area contributed by atoms with E-state index in [4.69, 9.17) is 23.9 Å². The molecule has 5 heterocycles. The highest BCUT2D eigenvalue weighted by atomic mass is 79.9. The van der Waals surface area contributed by atoms with Gasteiger partial charge in [0.2, 0.25) is 0 Å². The Bertz CT molecular complexity index is 2200. The van der Waals surface area contributed by atoms with Gasteiger partial charge in [0.25, 0.3) is 0 Å². The Balaban J connectivity index is 0.000000199. The van der Waals surface area contributed by atoms with Gasteiger partial charge in [-0.05, 0) is 92.2 Å². The summed E-state index contributed by atoms with van der Waals surface area (Å²) in [5.41, 5.74) is 6.81. The number of aryl methyl sites for hydroxylation is 2. The molecule has 3 aromatic heterocycles. The Hall–Kier alpha value is -4.81. The third-order valence-corrected chi connectivity index (χ3v) is 9.74. The van der Waals surface area contributed by atoms with Crippen LogP contribution in [-0.2, 0) is 35.4 Å². The lowest BCUT2D eigenvalue weighted by molar-refractivity contribution is -0.276. The van der Waals surface area contributed by atoms with Gasteiger partial charge >= 0.3 is 12.7 Å². The molecule has 306 valence electrons. The molecule has 18 heteroatoms. The topological polar surface area (TPSA) is 104 Å². The van der Waals surface area contributed by atoms with Crippen molar-refractivity contribution >= 4 is 15.9 Å². The van der Waals surface area contributed by atoms with Crippen molar-refractivity contribution in [3.8, 4) is 57.0 Å². The van der Waals surface area contributed by atoms with Gasteiger partial charge in [0.05, 0.1) is 64.1 Å². The molecule has 0 radical (unpaired) electrons. The van der Waals surface area contributed by atoms with Gasteiger partial charge in [-0.3, -0.25) is 4.98 Å². The van der Waals surface area contributed by atoms with Crippen molar-refractivity contribution in [3.05, 3.63) is 75.9 Å². The number of benzene rings is 2. The summed E-state index contributed by atoms with van der Waals surface area (Å²) >= 11 is 3.45. The molecule has 11 nitrogen and oxygen atoms in total. The van der Waals surface area contributed by atoms with E-state index in [-0.39, 0.29) is 23.7 Å². The van der Waals surface area contributed by atoms with Gasteiger partial charge in [0, 0.05) is 46.6 Å². The third kappa shape index (κ3) is 10.0. The summed E-state index contributed by atoms with van der Waals surface area (Å²) in [6.07, 6.45) is -8.25. The highest BCUT2D eigenvalue weighted by molar-refractivity contribution is 9.10. The molecule has 0 fully saturated rings. The first-order chi connectivity index (χ1) is 26.9. The van der Waals surface area contributed by atoms with Gasteiger partial charge in [-0.2, -0.15) is 0 Å². The normalized spacial score (nSPS) is 17.0. The van der Waals surface area contributed by atoms with Crippen LogP contribution in [0.2, 0.25) is 0 Å². The second-order valence-corrected chi connectivity index (χ2v) is 14.2. The molecule has 5 aromatic rings. The Morgan fingerprint density at radius 3 is 1.56 bits per heavy atom. The molecule has 0 saturated heterocycles. The van der Waals surface area contributed by atoms with Gasteiger partial charge in [0.1, 0.15) is 16.3 Å². The monoisotopic (exact) mass is 867 g/mol. The fraction of sp³-hybridized carbons (Fsp3) is 0.410. The summed E-state index contributed by atoms with van der Waals surface area (Å²) in [6.45, 7) is 10.1. The van der Waals surface area contributed by atoms with Gasteiger partial charge in [0.15, 0.2) is 23.0 Å². The minimum absolute atomic E-state index is 0.0100. The second-order valence-electron chi connectivity index (χ2n) is 13.5. The van der Waals surface area contributed by atoms with E-state index in [1.54, 1.807) is 6.07 Å². The highest BCUT2D eigenvalue weighted by Gasteiger charge is 2.34. The van der Waals surface area contributed by atoms with E-state index in [1.807, 2.05) is 44.4 Å². The van der Waals surface area contributed by atoms with E-state index in [0.29, 0.717) is 66.5 Å². The Morgan fingerprint density at radius 1 is 0.632 bits per heavy atom. The number of imidazole rings is 2. The summed E-state index contributed by atoms with van der Waals surface area (Å²) in [5, 5.41) is 0. The molecule has 2 atom stereocenters. The van der Waals surface area contributed by atoms with Crippen LogP contribution < -0.4 is 18.9 Å². The first-order valence-electron chi connectivity index (χ1n) is 17.8. The van der Waals surface area contributed by atoms with Gasteiger partial charge in [-0.15, -0.1) is 26.3 Å². The van der Waals surface area contributed by atoms with E-state index in [1.165, 1.54) is 44.6 Å². The van der Waals surface area contributed by atoms with E-state index in [0.717, 1.165) is 34.0 Å². The van der Waals surface area contributed by atoms with Crippen LogP contribution in [0.1, 0.15) is 36.6 Å². The van der Waals surface area contributed by atoms with Crippen molar-refractivity contribution in [2.24, 2.45) is 0 Å². The number of alkyl halides is 6. The fourth-order valence-corrected chi connectivity index (χ4v) is 7.42. The molecular formula is C39H40BrF6N5O6. The zero-order valence-corrected chi connectivity index (χ0v) is 33.4. The van der Waals surface area contributed by atoms with Gasteiger partial charge in [-0.25, -0.2) is 9.97 Å². The average Bonchev–Trinajstić information content (AvgIpc) is 3.45. The number of ether oxygens (including phenoxy) is 6. The van der Waals surface area contributed by atoms with E-state index >= 15 is 0 Å². The number of halogens is 7. The van der Waals surface area contributed by atoms with E-state index < -0.39 is 24.2 Å². The van der Waals surface area contributed by atoms with Crippen LogP contribution in [0.15, 0.2) is 53.1 Å². The summed E-state index contributed by atoms with van der Waals surface area (Å²) in [5.74, 6) is 0.446. The lowest BCUT2D eigenvalue weighted by atomic mass is 10.1. The number of rotatable bonds is 7. The summed E-state index contributed by atoms with van der Waals surface area (Å²) in [6, 6.07) is 12.5. The lowest BCUT2D eigenvalue weighted by Crippen LogP contribution is -2.17. The molecule has 0 N–H and O–H groups in total. The quantitative estimate of drug-likeness (QED) is 0.148. The van der Waals surface area contributed by atoms with Crippen LogP contribution in [0, 0.1) is 13.8 Å². The Morgan fingerprint density at radius 2 is 1.09 bits per heavy atom. The first-order valence-corrected chi connectivity index (χ1v) is 18.6. The van der Waals surface area contributed by atoms with E-state index in [2.05, 4.69) is 39.9 Å². The zero-order chi connectivity index (χ0) is 41.2. The number of pyridine rings is 1. The molecule has 0 unspecified atom stereocenters. The highest BCUT2D eigenvalue weighted by Crippen LogP contribution is 2.39. The molecule has 57 heavy (non-hydrogen) atoms. The molecule has 0 amide bonds. The SMILES string of the molecule is COc1cc(-c2nc(-c3cc(C)nc(C)c3)c3n2C[C@@H](C)OCC3)ccc1OC(F)(F)F.COc1cc(-c2nc(Br)c3n2C[C@@H](C)OCC3)ccc1OC(F)(F)F. The van der Waals surface area contributed by atoms with Crippen molar-refractivity contribution in [3.63, 3.8) is 0 Å². The van der Waals surface area contributed by atoms with Crippen molar-refractivity contribution in [2.75, 3.05) is 27.4 Å². The second kappa shape index (κ2) is 17.0. The number of fused-ring (bicyclic) bond motifs is 2. The molecule has 0 saturated carbocycles.